The Morgan fingerprint density at radius 3 is 2.85 bits per heavy atom. The van der Waals surface area contributed by atoms with E-state index < -0.39 is 0 Å². The van der Waals surface area contributed by atoms with Gasteiger partial charge in [0.05, 0.1) is 6.04 Å². The first-order valence-electron chi connectivity index (χ1n) is 9.97. The summed E-state index contributed by atoms with van der Waals surface area (Å²) in [4.78, 5) is 30.8. The highest BCUT2D eigenvalue weighted by molar-refractivity contribution is 7.10. The average molecular weight is 378 g/mol. The second kappa shape index (κ2) is 9.51. The molecule has 1 atom stereocenters. The quantitative estimate of drug-likeness (QED) is 0.881. The van der Waals surface area contributed by atoms with Crippen molar-refractivity contribution in [3.05, 3.63) is 21.9 Å². The molecule has 3 rings (SSSR count). The molecule has 2 saturated heterocycles. The summed E-state index contributed by atoms with van der Waals surface area (Å²) in [6, 6.07) is 2.13. The van der Waals surface area contributed by atoms with E-state index in [-0.39, 0.29) is 17.9 Å². The van der Waals surface area contributed by atoms with Crippen molar-refractivity contribution in [1.29, 1.82) is 0 Å². The molecule has 2 fully saturated rings. The molecule has 1 aromatic heterocycles. The van der Waals surface area contributed by atoms with E-state index in [0.717, 1.165) is 64.7 Å². The highest BCUT2D eigenvalue weighted by atomic mass is 32.1. The molecule has 0 saturated carbocycles. The predicted molar refractivity (Wildman–Crippen MR) is 105 cm³/mol. The Kier molecular flexibility index (Phi) is 7.08. The summed E-state index contributed by atoms with van der Waals surface area (Å²) in [5, 5.41) is 5.10. The minimum atomic E-state index is -0.0234. The first-order chi connectivity index (χ1) is 12.6. The monoisotopic (exact) mass is 377 g/mol. The molecule has 0 radical (unpaired) electrons. The smallest absolute Gasteiger partial charge is 0.239 e. The maximum absolute atomic E-state index is 13.2. The highest BCUT2D eigenvalue weighted by Gasteiger charge is 2.34. The molecule has 0 aliphatic carbocycles. The van der Waals surface area contributed by atoms with E-state index in [1.54, 1.807) is 11.3 Å². The van der Waals surface area contributed by atoms with E-state index in [1.807, 2.05) is 4.90 Å². The fourth-order valence-corrected chi connectivity index (χ4v) is 4.85. The van der Waals surface area contributed by atoms with Crippen LogP contribution < -0.4 is 5.32 Å². The molecule has 2 aliphatic rings. The van der Waals surface area contributed by atoms with Crippen LogP contribution in [0.5, 0.6) is 0 Å². The van der Waals surface area contributed by atoms with Crippen LogP contribution in [0.25, 0.3) is 0 Å². The number of hydrogen-bond acceptors (Lipinski definition) is 4. The number of amides is 2. The lowest BCUT2D eigenvalue weighted by atomic mass is 10.1. The molecule has 2 amide bonds. The second-order valence-electron chi connectivity index (χ2n) is 7.49. The van der Waals surface area contributed by atoms with E-state index in [2.05, 4.69) is 28.6 Å². The maximum Gasteiger partial charge on any atom is 0.239 e. The third-order valence-corrected chi connectivity index (χ3v) is 6.57. The van der Waals surface area contributed by atoms with Gasteiger partial charge in [-0.1, -0.05) is 12.8 Å². The van der Waals surface area contributed by atoms with E-state index in [4.69, 9.17) is 0 Å². The van der Waals surface area contributed by atoms with Crippen molar-refractivity contribution in [3.63, 3.8) is 0 Å². The Morgan fingerprint density at radius 1 is 1.19 bits per heavy atom. The van der Waals surface area contributed by atoms with Crippen LogP contribution in [0.15, 0.2) is 11.4 Å². The van der Waals surface area contributed by atoms with Crippen LogP contribution in [0.1, 0.15) is 55.4 Å². The molecule has 1 N–H and O–H groups in total. The Balaban J connectivity index is 1.64. The number of aryl methyl sites for hydroxylation is 1. The van der Waals surface area contributed by atoms with Crippen LogP contribution in [0, 0.1) is 6.92 Å². The van der Waals surface area contributed by atoms with Crippen molar-refractivity contribution in [2.75, 3.05) is 26.2 Å². The van der Waals surface area contributed by atoms with Crippen LogP contribution in [0.4, 0.5) is 0 Å². The molecular formula is C20H31N3O2S. The standard InChI is InChI=1S/C20H31N3O2S/c1-16-9-14-26-18(16)15-23-12-6-7-17(23)20(25)22-11-5-3-2-4-10-21-19(24)8-13-22/h9,14,17H,2-8,10-13,15H2,1H3,(H,21,24)/t17-/m0/s1. The number of likely N-dealkylation sites (tertiary alicyclic amines) is 1. The third-order valence-electron chi connectivity index (χ3n) is 5.56. The molecule has 0 aromatic carbocycles. The van der Waals surface area contributed by atoms with Crippen LogP contribution in [0.3, 0.4) is 0 Å². The lowest BCUT2D eigenvalue weighted by Gasteiger charge is -2.30. The molecule has 0 bridgehead atoms. The Hall–Kier alpha value is -1.40. The van der Waals surface area contributed by atoms with Crippen molar-refractivity contribution in [2.45, 2.75) is 64.5 Å². The Morgan fingerprint density at radius 2 is 2.04 bits per heavy atom. The number of carbonyl (C=O) groups is 2. The molecule has 2 aliphatic heterocycles. The van der Waals surface area contributed by atoms with Gasteiger partial charge in [-0.15, -0.1) is 11.3 Å². The van der Waals surface area contributed by atoms with Gasteiger partial charge in [-0.3, -0.25) is 14.5 Å². The first-order valence-corrected chi connectivity index (χ1v) is 10.9. The molecule has 6 heteroatoms. The molecular weight excluding hydrogens is 346 g/mol. The van der Waals surface area contributed by atoms with Crippen LogP contribution in [-0.4, -0.2) is 53.8 Å². The number of hydrogen-bond donors (Lipinski definition) is 1. The minimum absolute atomic E-state index is 0.0234. The average Bonchev–Trinajstić information content (AvgIpc) is 3.24. The molecule has 5 nitrogen and oxygen atoms in total. The maximum atomic E-state index is 13.2. The van der Waals surface area contributed by atoms with E-state index >= 15 is 0 Å². The summed E-state index contributed by atoms with van der Waals surface area (Å²) in [6.45, 7) is 6.10. The molecule has 144 valence electrons. The van der Waals surface area contributed by atoms with Crippen molar-refractivity contribution in [3.8, 4) is 0 Å². The molecule has 3 heterocycles. The van der Waals surface area contributed by atoms with Crippen LogP contribution >= 0.6 is 11.3 Å². The van der Waals surface area contributed by atoms with Crippen molar-refractivity contribution < 1.29 is 9.59 Å². The topological polar surface area (TPSA) is 52.7 Å². The van der Waals surface area contributed by atoms with Gasteiger partial charge in [0.2, 0.25) is 11.8 Å². The van der Waals surface area contributed by atoms with E-state index in [1.165, 1.54) is 10.4 Å². The Bertz CT molecular complexity index is 616. The van der Waals surface area contributed by atoms with Gasteiger partial charge in [-0.05, 0) is 56.2 Å². The largest absolute Gasteiger partial charge is 0.356 e. The summed E-state index contributed by atoms with van der Waals surface area (Å²) in [6.07, 6.45) is 6.76. The fourth-order valence-electron chi connectivity index (χ4n) is 3.92. The molecule has 1 aromatic rings. The first kappa shape index (κ1) is 19.4. The summed E-state index contributed by atoms with van der Waals surface area (Å²) in [5.74, 6) is 0.297. The van der Waals surface area contributed by atoms with Gasteiger partial charge in [0.15, 0.2) is 0 Å². The number of nitrogens with one attached hydrogen (secondary N) is 1. The molecule has 0 spiro atoms. The third kappa shape index (κ3) is 5.07. The van der Waals surface area contributed by atoms with Crippen molar-refractivity contribution in [2.24, 2.45) is 0 Å². The highest BCUT2D eigenvalue weighted by Crippen LogP contribution is 2.25. The number of rotatable bonds is 3. The predicted octanol–water partition coefficient (Wildman–Crippen LogP) is 2.93. The zero-order valence-corrected chi connectivity index (χ0v) is 16.7. The number of nitrogens with zero attached hydrogens (tertiary/aromatic N) is 2. The van der Waals surface area contributed by atoms with Crippen LogP contribution in [0.2, 0.25) is 0 Å². The van der Waals surface area contributed by atoms with Gasteiger partial charge in [-0.25, -0.2) is 0 Å². The van der Waals surface area contributed by atoms with Crippen molar-refractivity contribution >= 4 is 23.2 Å². The SMILES string of the molecule is Cc1ccsc1CN1CCC[C@H]1C(=O)N1CCCCCCNC(=O)CC1. The normalized spacial score (nSPS) is 23.5. The van der Waals surface area contributed by atoms with Crippen molar-refractivity contribution in [1.82, 2.24) is 15.1 Å². The lowest BCUT2D eigenvalue weighted by molar-refractivity contribution is -0.136. The van der Waals surface area contributed by atoms with Gasteiger partial charge < -0.3 is 10.2 Å². The van der Waals surface area contributed by atoms with E-state index in [9.17, 15) is 9.59 Å². The molecule has 0 unspecified atom stereocenters. The van der Waals surface area contributed by atoms with Gasteiger partial charge in [0.1, 0.15) is 0 Å². The number of carbonyl (C=O) groups excluding carboxylic acids is 2. The Labute approximate surface area is 160 Å². The van der Waals surface area contributed by atoms with Gasteiger partial charge in [0, 0.05) is 37.5 Å². The minimum Gasteiger partial charge on any atom is -0.356 e. The number of thiophene rings is 1. The summed E-state index contributed by atoms with van der Waals surface area (Å²) in [5.41, 5.74) is 1.32. The fraction of sp³-hybridized carbons (Fsp3) is 0.700. The van der Waals surface area contributed by atoms with E-state index in [0.29, 0.717) is 13.0 Å². The lowest BCUT2D eigenvalue weighted by Crippen LogP contribution is -2.46. The van der Waals surface area contributed by atoms with Crippen LogP contribution in [-0.2, 0) is 16.1 Å². The zero-order chi connectivity index (χ0) is 18.4. The van der Waals surface area contributed by atoms with Gasteiger partial charge in [-0.2, -0.15) is 0 Å². The summed E-state index contributed by atoms with van der Waals surface area (Å²) in [7, 11) is 0. The van der Waals surface area contributed by atoms with Gasteiger partial charge >= 0.3 is 0 Å². The summed E-state index contributed by atoms with van der Waals surface area (Å²) < 4.78 is 0. The second-order valence-corrected chi connectivity index (χ2v) is 8.50. The zero-order valence-electron chi connectivity index (χ0n) is 15.8. The summed E-state index contributed by atoms with van der Waals surface area (Å²) >= 11 is 1.78. The van der Waals surface area contributed by atoms with Gasteiger partial charge in [0.25, 0.3) is 0 Å². The molecule has 26 heavy (non-hydrogen) atoms.